The summed E-state index contributed by atoms with van der Waals surface area (Å²) in [5.74, 6) is -0.00577. The van der Waals surface area contributed by atoms with Gasteiger partial charge in [0.1, 0.15) is 19.3 Å². The van der Waals surface area contributed by atoms with Crippen LogP contribution in [0.15, 0.2) is 24.3 Å². The molecule has 0 heterocycles. The predicted octanol–water partition coefficient (Wildman–Crippen LogP) is 18.2. The number of phosphoric ester groups is 2. The van der Waals surface area contributed by atoms with Gasteiger partial charge in [-0.15, -0.1) is 0 Å². The Morgan fingerprint density at radius 1 is 0.384 bits per heavy atom. The van der Waals surface area contributed by atoms with Crippen molar-refractivity contribution in [2.24, 2.45) is 17.8 Å². The Morgan fingerprint density at radius 3 is 1.03 bits per heavy atom. The van der Waals surface area contributed by atoms with Crippen molar-refractivity contribution in [3.8, 4) is 0 Å². The molecule has 506 valence electrons. The first kappa shape index (κ1) is 83.5. The standard InChI is InChI=1S/C67H126O17P2/c1-8-11-12-13-14-15-16-17-18-19-20-21-25-34-41-48-64(69)77-54-63(84-67(72)51-44-37-29-27-31-38-45-58(4)5)57-82-86(75,76)80-53-61(68)52-79-85(73,74)81-56-62(55-78-65(70)49-42-35-30-28-33-40-47-60(7)10-3)83-66(71)50-43-36-26-23-22-24-32-39-46-59(6)9-2/h15-18,58-63,68H,8-14,19-57H2,1-7H3,(H,73,74)(H,75,76)/b16-15-,18-17-/t59?,60?,61-,62+,63+/m0/s1. The first-order chi connectivity index (χ1) is 41.3. The molecule has 0 aliphatic rings. The SMILES string of the molecule is CCCCCC/C=C\C=C/CCCCCCCC(=O)OC[C@H](COP(=O)(O)OC[C@@H](O)COP(=O)(O)OC[C@@H](COC(=O)CCCCCCCCC(C)CC)OC(=O)CCCCCCCCCCC(C)CC)OC(=O)CCCCCCCCC(C)C. The lowest BCUT2D eigenvalue weighted by Gasteiger charge is -2.21. The summed E-state index contributed by atoms with van der Waals surface area (Å²) in [4.78, 5) is 72.3. The largest absolute Gasteiger partial charge is 0.472 e. The molecule has 0 spiro atoms. The third kappa shape index (κ3) is 57.9. The van der Waals surface area contributed by atoms with Crippen LogP contribution in [0, 0.1) is 17.8 Å². The molecule has 0 saturated carbocycles. The van der Waals surface area contributed by atoms with Gasteiger partial charge in [0.05, 0.1) is 26.4 Å². The highest BCUT2D eigenvalue weighted by Crippen LogP contribution is 2.45. The fraction of sp³-hybridized carbons (Fsp3) is 0.881. The van der Waals surface area contributed by atoms with Crippen molar-refractivity contribution in [1.29, 1.82) is 0 Å². The summed E-state index contributed by atoms with van der Waals surface area (Å²) in [6, 6.07) is 0. The Morgan fingerprint density at radius 2 is 0.686 bits per heavy atom. The average Bonchev–Trinajstić information content (AvgIpc) is 3.69. The Bertz CT molecular complexity index is 1800. The van der Waals surface area contributed by atoms with Crippen LogP contribution in [0.3, 0.4) is 0 Å². The molecule has 0 aliphatic heterocycles. The van der Waals surface area contributed by atoms with Crippen molar-refractivity contribution in [2.45, 2.75) is 324 Å². The minimum absolute atomic E-state index is 0.0946. The van der Waals surface area contributed by atoms with Crippen LogP contribution < -0.4 is 0 Å². The number of hydrogen-bond acceptors (Lipinski definition) is 15. The zero-order valence-electron chi connectivity index (χ0n) is 55.3. The molecular formula is C67H126O17P2. The van der Waals surface area contributed by atoms with Gasteiger partial charge in [-0.25, -0.2) is 9.13 Å². The van der Waals surface area contributed by atoms with Crippen LogP contribution in [0.5, 0.6) is 0 Å². The van der Waals surface area contributed by atoms with Crippen molar-refractivity contribution in [3.05, 3.63) is 24.3 Å². The van der Waals surface area contributed by atoms with Gasteiger partial charge in [-0.1, -0.05) is 253 Å². The molecule has 0 radical (unpaired) electrons. The number of carbonyl (C=O) groups excluding carboxylic acids is 4. The van der Waals surface area contributed by atoms with E-state index in [4.69, 9.17) is 37.0 Å². The van der Waals surface area contributed by atoms with E-state index >= 15 is 0 Å². The highest BCUT2D eigenvalue weighted by Gasteiger charge is 2.30. The second kappa shape index (κ2) is 57.7. The number of allylic oxidation sites excluding steroid dienone is 4. The Balaban J connectivity index is 5.26. The lowest BCUT2D eigenvalue weighted by Crippen LogP contribution is -2.30. The van der Waals surface area contributed by atoms with Crippen LogP contribution in [0.25, 0.3) is 0 Å². The van der Waals surface area contributed by atoms with Crippen molar-refractivity contribution in [2.75, 3.05) is 39.6 Å². The van der Waals surface area contributed by atoms with Gasteiger partial charge in [0.15, 0.2) is 12.2 Å². The number of hydrogen-bond donors (Lipinski definition) is 3. The summed E-state index contributed by atoms with van der Waals surface area (Å²) in [5, 5.41) is 10.5. The van der Waals surface area contributed by atoms with Gasteiger partial charge in [0.2, 0.25) is 0 Å². The van der Waals surface area contributed by atoms with Crippen LogP contribution >= 0.6 is 15.6 Å². The molecule has 17 nitrogen and oxygen atoms in total. The van der Waals surface area contributed by atoms with Crippen molar-refractivity contribution in [1.82, 2.24) is 0 Å². The lowest BCUT2D eigenvalue weighted by molar-refractivity contribution is -0.161. The second-order valence-corrected chi connectivity index (χ2v) is 27.4. The second-order valence-electron chi connectivity index (χ2n) is 24.5. The molecule has 0 bridgehead atoms. The first-order valence-corrected chi connectivity index (χ1v) is 37.2. The average molecular weight is 1270 g/mol. The van der Waals surface area contributed by atoms with Gasteiger partial charge in [0, 0.05) is 25.7 Å². The van der Waals surface area contributed by atoms with E-state index in [1.807, 2.05) is 0 Å². The summed E-state index contributed by atoms with van der Waals surface area (Å²) in [6.07, 6.45) is 42.7. The van der Waals surface area contributed by atoms with Gasteiger partial charge in [-0.3, -0.25) is 37.3 Å². The van der Waals surface area contributed by atoms with E-state index in [0.29, 0.717) is 31.6 Å². The minimum Gasteiger partial charge on any atom is -0.462 e. The van der Waals surface area contributed by atoms with E-state index in [1.165, 1.54) is 89.9 Å². The normalized spacial score (nSPS) is 15.1. The van der Waals surface area contributed by atoms with E-state index in [2.05, 4.69) is 72.8 Å². The Kier molecular flexibility index (Phi) is 56.0. The van der Waals surface area contributed by atoms with Crippen molar-refractivity contribution >= 4 is 39.5 Å². The van der Waals surface area contributed by atoms with Gasteiger partial charge in [-0.05, 0) is 69.1 Å². The quantitative estimate of drug-likeness (QED) is 0.0169. The minimum atomic E-state index is -4.95. The molecule has 0 saturated heterocycles. The Hall–Kier alpha value is -2.46. The molecule has 86 heavy (non-hydrogen) atoms. The molecule has 4 unspecified atom stereocenters. The van der Waals surface area contributed by atoms with E-state index in [0.717, 1.165) is 127 Å². The molecule has 0 aromatic rings. The molecule has 7 atom stereocenters. The van der Waals surface area contributed by atoms with Crippen LogP contribution in [-0.4, -0.2) is 96.7 Å². The maximum Gasteiger partial charge on any atom is 0.472 e. The molecule has 3 N–H and O–H groups in total. The lowest BCUT2D eigenvalue weighted by atomic mass is 9.99. The summed E-state index contributed by atoms with van der Waals surface area (Å²) >= 11 is 0. The number of carbonyl (C=O) groups is 4. The molecule has 0 aromatic carbocycles. The maximum absolute atomic E-state index is 13.0. The van der Waals surface area contributed by atoms with E-state index in [9.17, 15) is 43.2 Å². The van der Waals surface area contributed by atoms with Crippen LogP contribution in [0.1, 0.15) is 305 Å². The zero-order chi connectivity index (χ0) is 63.8. The summed E-state index contributed by atoms with van der Waals surface area (Å²) in [7, 11) is -9.91. The molecule has 0 aromatic heterocycles. The monoisotopic (exact) mass is 1260 g/mol. The molecular weight excluding hydrogens is 1140 g/mol. The molecule has 0 aliphatic carbocycles. The van der Waals surface area contributed by atoms with E-state index in [-0.39, 0.29) is 25.7 Å². The number of ether oxygens (including phenoxy) is 4. The smallest absolute Gasteiger partial charge is 0.462 e. The molecule has 0 fully saturated rings. The third-order valence-corrected chi connectivity index (χ3v) is 17.4. The number of phosphoric acid groups is 2. The third-order valence-electron chi connectivity index (χ3n) is 15.5. The Labute approximate surface area is 522 Å². The van der Waals surface area contributed by atoms with E-state index < -0.39 is 97.5 Å². The fourth-order valence-corrected chi connectivity index (χ4v) is 11.0. The molecule has 19 heteroatoms. The van der Waals surface area contributed by atoms with Crippen molar-refractivity contribution in [3.63, 3.8) is 0 Å². The zero-order valence-corrected chi connectivity index (χ0v) is 57.0. The number of rotatable bonds is 63. The number of unbranched alkanes of at least 4 members (excludes halogenated alkanes) is 26. The van der Waals surface area contributed by atoms with Gasteiger partial charge in [-0.2, -0.15) is 0 Å². The molecule has 0 amide bonds. The van der Waals surface area contributed by atoms with Crippen LogP contribution in [0.4, 0.5) is 0 Å². The van der Waals surface area contributed by atoms with Crippen LogP contribution in [0.2, 0.25) is 0 Å². The summed E-state index contributed by atoms with van der Waals surface area (Å²) in [6.45, 7) is 11.6. The maximum atomic E-state index is 13.0. The topological polar surface area (TPSA) is 237 Å². The predicted molar refractivity (Wildman–Crippen MR) is 344 cm³/mol. The van der Waals surface area contributed by atoms with Crippen LogP contribution in [-0.2, 0) is 65.4 Å². The van der Waals surface area contributed by atoms with Crippen molar-refractivity contribution < 1.29 is 80.2 Å². The summed E-state index contributed by atoms with van der Waals surface area (Å²) < 4.78 is 68.0. The number of esters is 4. The first-order valence-electron chi connectivity index (χ1n) is 34.2. The molecule has 0 rings (SSSR count). The van der Waals surface area contributed by atoms with Gasteiger partial charge >= 0.3 is 39.5 Å². The highest BCUT2D eigenvalue weighted by atomic mass is 31.2. The number of aliphatic hydroxyl groups excluding tert-OH is 1. The highest BCUT2D eigenvalue weighted by molar-refractivity contribution is 7.47. The van der Waals surface area contributed by atoms with E-state index in [1.54, 1.807) is 0 Å². The summed E-state index contributed by atoms with van der Waals surface area (Å²) in [5.41, 5.74) is 0. The van der Waals surface area contributed by atoms with Gasteiger partial charge < -0.3 is 33.8 Å². The van der Waals surface area contributed by atoms with Gasteiger partial charge in [0.25, 0.3) is 0 Å². The fourth-order valence-electron chi connectivity index (χ4n) is 9.41. The number of aliphatic hydroxyl groups is 1.